The van der Waals surface area contributed by atoms with Crippen molar-refractivity contribution in [3.05, 3.63) is 0 Å². The molecule has 0 aromatic heterocycles. The van der Waals surface area contributed by atoms with Crippen LogP contribution in [0.1, 0.15) is 94.3 Å². The number of rotatable bonds is 9. The van der Waals surface area contributed by atoms with Gasteiger partial charge in [0, 0.05) is 14.2 Å². The first kappa shape index (κ1) is 24.0. The van der Waals surface area contributed by atoms with E-state index in [0.29, 0.717) is 12.8 Å². The minimum absolute atomic E-state index is 0.327. The third kappa shape index (κ3) is 43.6. The first-order valence-electron chi connectivity index (χ1n) is 8.48. The van der Waals surface area contributed by atoms with Gasteiger partial charge in [-0.25, -0.2) is 0 Å². The lowest BCUT2D eigenvalue weighted by molar-refractivity contribution is -0.138. The Morgan fingerprint density at radius 1 is 0.800 bits per heavy atom. The molecule has 0 amide bonds. The van der Waals surface area contributed by atoms with Crippen LogP contribution in [0.2, 0.25) is 0 Å². The molecule has 0 aliphatic rings. The van der Waals surface area contributed by atoms with Crippen LogP contribution in [0.15, 0.2) is 0 Å². The van der Waals surface area contributed by atoms with Crippen LogP contribution in [0.3, 0.4) is 0 Å². The number of carbonyl (C=O) groups is 2. The van der Waals surface area contributed by atoms with Crippen molar-refractivity contribution in [2.24, 2.45) is 0 Å². The molecule has 0 aliphatic heterocycles. The molecule has 0 aromatic carbocycles. The molecule has 0 radical (unpaired) electrons. The first-order valence-corrected chi connectivity index (χ1v) is 7.48. The maximum Gasteiger partial charge on any atom is 0.303 e. The maximum absolute atomic E-state index is 9.96. The smallest absolute Gasteiger partial charge is 0.303 e. The average Bonchev–Trinajstić information content (AvgIpc) is 2.48. The van der Waals surface area contributed by atoms with E-state index in [-0.39, 0.29) is 0 Å². The van der Waals surface area contributed by atoms with E-state index in [1.54, 1.807) is 0 Å². The van der Waals surface area contributed by atoms with E-state index in [1.807, 2.05) is 13.8 Å². The van der Waals surface area contributed by atoms with Crippen molar-refractivity contribution in [2.45, 2.75) is 92.9 Å². The third-order valence-electron chi connectivity index (χ3n) is 2.24. The van der Waals surface area contributed by atoms with Crippen LogP contribution < -0.4 is 0 Å². The van der Waals surface area contributed by atoms with E-state index in [9.17, 15) is 9.59 Å². The van der Waals surface area contributed by atoms with E-state index in [2.05, 4.69) is 13.8 Å². The summed E-state index contributed by atoms with van der Waals surface area (Å²) in [5, 5.41) is 16.4. The topological polar surface area (TPSA) is 74.6 Å². The summed E-state index contributed by atoms with van der Waals surface area (Å²) >= 11 is 0. The van der Waals surface area contributed by atoms with Gasteiger partial charge in [-0.3, -0.25) is 9.59 Å². The first-order chi connectivity index (χ1) is 10.0. The summed E-state index contributed by atoms with van der Waals surface area (Å²) in [6.45, 7) is 8.17. The van der Waals surface area contributed by atoms with Crippen molar-refractivity contribution in [2.75, 3.05) is 0 Å². The SMILES string of the molecule is CC.CCCCCC(=O)O.CCCCCCC(=O)O.[2H]C. The Hall–Kier alpha value is -1.06. The lowest BCUT2D eigenvalue weighted by atomic mass is 10.2. The van der Waals surface area contributed by atoms with Gasteiger partial charge in [0.2, 0.25) is 0 Å². The molecular weight excluding hydrogens is 256 g/mol. The highest BCUT2D eigenvalue weighted by atomic mass is 16.4. The van der Waals surface area contributed by atoms with Crippen LogP contribution in [0.5, 0.6) is 0 Å². The molecule has 0 atom stereocenters. The molecule has 0 bridgehead atoms. The highest BCUT2D eigenvalue weighted by molar-refractivity contribution is 5.66. The maximum atomic E-state index is 9.96. The lowest BCUT2D eigenvalue weighted by Crippen LogP contribution is -1.92. The molecule has 0 heterocycles. The van der Waals surface area contributed by atoms with E-state index in [4.69, 9.17) is 11.6 Å². The fourth-order valence-electron chi connectivity index (χ4n) is 1.23. The van der Waals surface area contributed by atoms with Crippen molar-refractivity contribution in [3.63, 3.8) is 0 Å². The number of hydrogen-bond acceptors (Lipinski definition) is 2. The number of carboxylic acids is 2. The van der Waals surface area contributed by atoms with Gasteiger partial charge in [0.1, 0.15) is 0 Å². The van der Waals surface area contributed by atoms with Crippen LogP contribution in [-0.2, 0) is 9.59 Å². The van der Waals surface area contributed by atoms with E-state index in [0.717, 1.165) is 38.5 Å². The summed E-state index contributed by atoms with van der Waals surface area (Å²) in [7, 11) is 1.25. The molecule has 0 unspecified atom stereocenters. The molecule has 0 saturated heterocycles. The second kappa shape index (κ2) is 26.5. The summed E-state index contributed by atoms with van der Waals surface area (Å²) in [5.74, 6) is -1.36. The van der Waals surface area contributed by atoms with Crippen molar-refractivity contribution in [1.82, 2.24) is 0 Å². The van der Waals surface area contributed by atoms with Gasteiger partial charge in [0.05, 0.1) is 0 Å². The average molecular weight is 293 g/mol. The Bertz CT molecular complexity index is 197. The zero-order valence-corrected chi connectivity index (χ0v) is 14.1. The predicted octanol–water partition coefficient (Wildman–Crippen LogP) is 5.36. The highest BCUT2D eigenvalue weighted by Gasteiger charge is 1.94. The second-order valence-corrected chi connectivity index (χ2v) is 4.06. The van der Waals surface area contributed by atoms with Gasteiger partial charge in [0.25, 0.3) is 0 Å². The summed E-state index contributed by atoms with van der Waals surface area (Å²) in [6, 6.07) is 0. The van der Waals surface area contributed by atoms with E-state index < -0.39 is 11.9 Å². The molecule has 2 N–H and O–H groups in total. The number of aliphatic carboxylic acids is 2. The normalized spacial score (nSPS) is 8.55. The van der Waals surface area contributed by atoms with Crippen LogP contribution in [0, 0.1) is 0 Å². The van der Waals surface area contributed by atoms with Crippen molar-refractivity contribution in [3.8, 4) is 0 Å². The van der Waals surface area contributed by atoms with Crippen LogP contribution in [0.25, 0.3) is 0 Å². The molecule has 20 heavy (non-hydrogen) atoms. The monoisotopic (exact) mass is 293 g/mol. The molecule has 124 valence electrons. The highest BCUT2D eigenvalue weighted by Crippen LogP contribution is 2.01. The van der Waals surface area contributed by atoms with Crippen LogP contribution >= 0.6 is 0 Å². The molecule has 0 rings (SSSR count). The molecule has 0 aliphatic carbocycles. The van der Waals surface area contributed by atoms with Crippen LogP contribution in [0.4, 0.5) is 0 Å². The van der Waals surface area contributed by atoms with Gasteiger partial charge in [0.15, 0.2) is 0 Å². The number of hydrogen-bond donors (Lipinski definition) is 2. The third-order valence-corrected chi connectivity index (χ3v) is 2.24. The summed E-state index contributed by atoms with van der Waals surface area (Å²) < 4.78 is 5.75. The Labute approximate surface area is 127 Å². The Kier molecular flexibility index (Phi) is 31.8. The van der Waals surface area contributed by atoms with Gasteiger partial charge in [-0.15, -0.1) is 0 Å². The van der Waals surface area contributed by atoms with Crippen molar-refractivity contribution < 1.29 is 21.2 Å². The molecule has 4 nitrogen and oxygen atoms in total. The van der Waals surface area contributed by atoms with Gasteiger partial charge in [-0.05, 0) is 12.8 Å². The Morgan fingerprint density at radius 2 is 1.10 bits per heavy atom. The van der Waals surface area contributed by atoms with Crippen molar-refractivity contribution in [1.29, 1.82) is 0 Å². The van der Waals surface area contributed by atoms with Crippen LogP contribution in [-0.4, -0.2) is 22.2 Å². The largest absolute Gasteiger partial charge is 0.481 e. The molecule has 4 heteroatoms. The Morgan fingerprint density at radius 3 is 1.40 bits per heavy atom. The fraction of sp³-hybridized carbons (Fsp3) is 0.875. The Balaban J connectivity index is -0.000000111. The molecular formula is C16H36O4. The predicted molar refractivity (Wildman–Crippen MR) is 86.3 cm³/mol. The lowest BCUT2D eigenvalue weighted by Gasteiger charge is -1.92. The van der Waals surface area contributed by atoms with Gasteiger partial charge in [-0.1, -0.05) is 67.2 Å². The van der Waals surface area contributed by atoms with Crippen molar-refractivity contribution >= 4 is 11.9 Å². The quantitative estimate of drug-likeness (QED) is 0.561. The van der Waals surface area contributed by atoms with E-state index >= 15 is 0 Å². The summed E-state index contributed by atoms with van der Waals surface area (Å²) in [5.41, 5.74) is 0. The zero-order chi connectivity index (χ0) is 17.5. The summed E-state index contributed by atoms with van der Waals surface area (Å²) in [6.07, 6.45) is 7.83. The number of carboxylic acid groups (broad SMARTS) is 2. The van der Waals surface area contributed by atoms with Gasteiger partial charge < -0.3 is 10.2 Å². The second-order valence-electron chi connectivity index (χ2n) is 4.06. The standard InChI is InChI=1S/C7H14O2.C6H12O2.C2H6.CH4/c1-2-3-4-5-6-7(8)9;1-2-3-4-5-6(7)8;1-2;/h2-6H2,1H3,(H,8,9);2-5H2,1H3,(H,7,8);1-2H3;1H4/i;;;1D. The minimum atomic E-state index is -0.682. The van der Waals surface area contributed by atoms with E-state index in [1.165, 1.54) is 13.8 Å². The zero-order valence-electron chi connectivity index (χ0n) is 15.1. The minimum Gasteiger partial charge on any atom is -0.481 e. The molecule has 0 fully saturated rings. The van der Waals surface area contributed by atoms with Gasteiger partial charge in [-0.2, -0.15) is 0 Å². The number of unbranched alkanes of at least 4 members (excludes halogenated alkanes) is 5. The molecule has 0 spiro atoms. The fourth-order valence-corrected chi connectivity index (χ4v) is 1.23. The van der Waals surface area contributed by atoms with Gasteiger partial charge >= 0.3 is 11.9 Å². The summed E-state index contributed by atoms with van der Waals surface area (Å²) in [4.78, 5) is 19.8. The molecule has 0 saturated carbocycles. The molecule has 0 aromatic rings.